The lowest BCUT2D eigenvalue weighted by Gasteiger charge is -2.15. The molecule has 3 nitrogen and oxygen atoms in total. The summed E-state index contributed by atoms with van der Waals surface area (Å²) in [7, 11) is 1.61. The standard InChI is InChI=1S/C13H19NO2/c1-9-5-6-10(13(16-2)12(9)15)8-11-4-3-7-14-11/h5-6,11,14-15H,3-4,7-8H2,1-2H3. The van der Waals surface area contributed by atoms with Crippen molar-refractivity contribution in [3.05, 3.63) is 23.3 Å². The van der Waals surface area contributed by atoms with Crippen LogP contribution in [0.25, 0.3) is 0 Å². The van der Waals surface area contributed by atoms with Gasteiger partial charge in [0.15, 0.2) is 11.5 Å². The zero-order valence-electron chi connectivity index (χ0n) is 9.92. The molecule has 1 aliphatic heterocycles. The first-order valence-corrected chi connectivity index (χ1v) is 5.81. The van der Waals surface area contributed by atoms with Crippen molar-refractivity contribution < 1.29 is 9.84 Å². The van der Waals surface area contributed by atoms with Crippen LogP contribution in [0.1, 0.15) is 24.0 Å². The number of aryl methyl sites for hydroxylation is 1. The van der Waals surface area contributed by atoms with Crippen LogP contribution in [0.2, 0.25) is 0 Å². The van der Waals surface area contributed by atoms with Gasteiger partial charge in [0.1, 0.15) is 0 Å². The second-order valence-electron chi connectivity index (χ2n) is 4.42. The number of rotatable bonds is 3. The van der Waals surface area contributed by atoms with E-state index in [2.05, 4.69) is 5.32 Å². The second-order valence-corrected chi connectivity index (χ2v) is 4.42. The quantitative estimate of drug-likeness (QED) is 0.820. The second kappa shape index (κ2) is 4.74. The van der Waals surface area contributed by atoms with Crippen molar-refractivity contribution in [2.75, 3.05) is 13.7 Å². The van der Waals surface area contributed by atoms with Gasteiger partial charge in [-0.2, -0.15) is 0 Å². The Kier molecular flexibility index (Phi) is 3.34. The average Bonchev–Trinajstić information content (AvgIpc) is 2.77. The monoisotopic (exact) mass is 221 g/mol. The van der Waals surface area contributed by atoms with E-state index in [1.165, 1.54) is 12.8 Å². The van der Waals surface area contributed by atoms with E-state index in [1.807, 2.05) is 19.1 Å². The highest BCUT2D eigenvalue weighted by molar-refractivity contribution is 5.50. The molecule has 0 aliphatic carbocycles. The van der Waals surface area contributed by atoms with Crippen molar-refractivity contribution in [3.8, 4) is 11.5 Å². The third-order valence-electron chi connectivity index (χ3n) is 3.25. The molecule has 1 aromatic carbocycles. The number of phenolic OH excluding ortho intramolecular Hbond substituents is 1. The zero-order chi connectivity index (χ0) is 11.5. The first-order chi connectivity index (χ1) is 7.72. The summed E-state index contributed by atoms with van der Waals surface area (Å²) in [4.78, 5) is 0. The van der Waals surface area contributed by atoms with Crippen LogP contribution < -0.4 is 10.1 Å². The molecule has 1 unspecified atom stereocenters. The van der Waals surface area contributed by atoms with Crippen LogP contribution in [0.4, 0.5) is 0 Å². The third-order valence-corrected chi connectivity index (χ3v) is 3.25. The lowest BCUT2D eigenvalue weighted by molar-refractivity contribution is 0.365. The fourth-order valence-corrected chi connectivity index (χ4v) is 2.30. The summed E-state index contributed by atoms with van der Waals surface area (Å²) in [5.74, 6) is 0.909. The van der Waals surface area contributed by atoms with Gasteiger partial charge < -0.3 is 15.2 Å². The number of methoxy groups -OCH3 is 1. The SMILES string of the molecule is COc1c(CC2CCCN2)ccc(C)c1O. The van der Waals surface area contributed by atoms with Crippen molar-refractivity contribution in [2.24, 2.45) is 0 Å². The van der Waals surface area contributed by atoms with Gasteiger partial charge in [0, 0.05) is 6.04 Å². The maximum absolute atomic E-state index is 9.91. The van der Waals surface area contributed by atoms with Crippen molar-refractivity contribution in [3.63, 3.8) is 0 Å². The molecule has 3 heteroatoms. The predicted molar refractivity (Wildman–Crippen MR) is 64.1 cm³/mol. The molecule has 0 amide bonds. The number of benzene rings is 1. The lowest BCUT2D eigenvalue weighted by Crippen LogP contribution is -2.23. The van der Waals surface area contributed by atoms with E-state index in [9.17, 15) is 5.11 Å². The van der Waals surface area contributed by atoms with Gasteiger partial charge in [-0.05, 0) is 43.9 Å². The molecule has 2 N–H and O–H groups in total. The number of phenols is 1. The molecule has 1 fully saturated rings. The Morgan fingerprint density at radius 2 is 2.31 bits per heavy atom. The molecular weight excluding hydrogens is 202 g/mol. The molecule has 1 aliphatic rings. The Hall–Kier alpha value is -1.22. The topological polar surface area (TPSA) is 41.5 Å². The zero-order valence-corrected chi connectivity index (χ0v) is 9.92. The van der Waals surface area contributed by atoms with Gasteiger partial charge in [0.05, 0.1) is 7.11 Å². The maximum Gasteiger partial charge on any atom is 0.163 e. The van der Waals surface area contributed by atoms with Gasteiger partial charge in [0.2, 0.25) is 0 Å². The molecule has 1 atom stereocenters. The van der Waals surface area contributed by atoms with Crippen molar-refractivity contribution in [1.82, 2.24) is 5.32 Å². The Morgan fingerprint density at radius 1 is 1.50 bits per heavy atom. The van der Waals surface area contributed by atoms with Crippen LogP contribution in [0.5, 0.6) is 11.5 Å². The molecule has 0 saturated carbocycles. The predicted octanol–water partition coefficient (Wildman–Crippen LogP) is 2.00. The van der Waals surface area contributed by atoms with Crippen LogP contribution in [-0.2, 0) is 6.42 Å². The molecular formula is C13H19NO2. The molecule has 0 spiro atoms. The fourth-order valence-electron chi connectivity index (χ4n) is 2.30. The van der Waals surface area contributed by atoms with E-state index >= 15 is 0 Å². The molecule has 1 heterocycles. The third kappa shape index (κ3) is 2.14. The van der Waals surface area contributed by atoms with Crippen molar-refractivity contribution in [1.29, 1.82) is 0 Å². The Bertz CT molecular complexity index is 370. The largest absolute Gasteiger partial charge is 0.504 e. The van der Waals surface area contributed by atoms with Crippen LogP contribution in [0.3, 0.4) is 0 Å². The minimum absolute atomic E-state index is 0.276. The smallest absolute Gasteiger partial charge is 0.163 e. The van der Waals surface area contributed by atoms with E-state index < -0.39 is 0 Å². The number of aromatic hydroxyl groups is 1. The minimum atomic E-state index is 0.276. The molecule has 0 radical (unpaired) electrons. The summed E-state index contributed by atoms with van der Waals surface area (Å²) < 4.78 is 5.29. The number of hydrogen-bond donors (Lipinski definition) is 2. The first-order valence-electron chi connectivity index (χ1n) is 5.81. The fraction of sp³-hybridized carbons (Fsp3) is 0.538. The molecule has 1 aromatic rings. The summed E-state index contributed by atoms with van der Waals surface area (Å²) in [6.45, 7) is 2.99. The number of hydrogen-bond acceptors (Lipinski definition) is 3. The summed E-state index contributed by atoms with van der Waals surface area (Å²) in [6.07, 6.45) is 3.37. The lowest BCUT2D eigenvalue weighted by atomic mass is 10.0. The highest BCUT2D eigenvalue weighted by Gasteiger charge is 2.18. The van der Waals surface area contributed by atoms with Crippen molar-refractivity contribution >= 4 is 0 Å². The van der Waals surface area contributed by atoms with Crippen LogP contribution in [0.15, 0.2) is 12.1 Å². The average molecular weight is 221 g/mol. The Labute approximate surface area is 96.4 Å². The minimum Gasteiger partial charge on any atom is -0.504 e. The van der Waals surface area contributed by atoms with Gasteiger partial charge in [-0.1, -0.05) is 12.1 Å². The van der Waals surface area contributed by atoms with Crippen LogP contribution in [-0.4, -0.2) is 24.8 Å². The number of nitrogens with one attached hydrogen (secondary N) is 1. The van der Waals surface area contributed by atoms with Crippen LogP contribution in [0, 0.1) is 6.92 Å². The molecule has 16 heavy (non-hydrogen) atoms. The maximum atomic E-state index is 9.91. The van der Waals surface area contributed by atoms with E-state index in [-0.39, 0.29) is 5.75 Å². The van der Waals surface area contributed by atoms with E-state index in [0.717, 1.165) is 24.1 Å². The van der Waals surface area contributed by atoms with Crippen LogP contribution >= 0.6 is 0 Å². The molecule has 2 rings (SSSR count). The number of ether oxygens (including phenoxy) is 1. The highest BCUT2D eigenvalue weighted by Crippen LogP contribution is 2.34. The van der Waals surface area contributed by atoms with E-state index in [4.69, 9.17) is 4.74 Å². The summed E-state index contributed by atoms with van der Waals surface area (Å²) in [5, 5.41) is 13.4. The first kappa shape index (κ1) is 11.3. The molecule has 88 valence electrons. The van der Waals surface area contributed by atoms with Gasteiger partial charge in [-0.25, -0.2) is 0 Å². The summed E-state index contributed by atoms with van der Waals surface area (Å²) >= 11 is 0. The van der Waals surface area contributed by atoms with E-state index in [1.54, 1.807) is 7.11 Å². The summed E-state index contributed by atoms with van der Waals surface area (Å²) in [5.41, 5.74) is 1.95. The molecule has 0 aromatic heterocycles. The Balaban J connectivity index is 2.22. The van der Waals surface area contributed by atoms with Gasteiger partial charge in [-0.15, -0.1) is 0 Å². The normalized spacial score (nSPS) is 20.0. The molecule has 0 bridgehead atoms. The van der Waals surface area contributed by atoms with Gasteiger partial charge >= 0.3 is 0 Å². The van der Waals surface area contributed by atoms with Gasteiger partial charge in [-0.3, -0.25) is 0 Å². The molecule has 1 saturated heterocycles. The Morgan fingerprint density at radius 3 is 2.94 bits per heavy atom. The van der Waals surface area contributed by atoms with E-state index in [0.29, 0.717) is 11.8 Å². The summed E-state index contributed by atoms with van der Waals surface area (Å²) in [6, 6.07) is 4.52. The highest BCUT2D eigenvalue weighted by atomic mass is 16.5. The van der Waals surface area contributed by atoms with Gasteiger partial charge in [0.25, 0.3) is 0 Å². The van der Waals surface area contributed by atoms with Crippen molar-refractivity contribution in [2.45, 2.75) is 32.2 Å².